The van der Waals surface area contributed by atoms with Gasteiger partial charge in [-0.05, 0) is 18.2 Å². The molecule has 1 aliphatic heterocycles. The first kappa shape index (κ1) is 11.4. The van der Waals surface area contributed by atoms with Gasteiger partial charge in [0.15, 0.2) is 5.78 Å². The van der Waals surface area contributed by atoms with E-state index in [2.05, 4.69) is 11.8 Å². The van der Waals surface area contributed by atoms with E-state index < -0.39 is 0 Å². The zero-order valence-corrected chi connectivity index (χ0v) is 9.52. The van der Waals surface area contributed by atoms with Crippen LogP contribution >= 0.6 is 0 Å². The van der Waals surface area contributed by atoms with Crippen molar-refractivity contribution >= 4 is 5.78 Å². The topological polar surface area (TPSA) is 42.7 Å². The standard InChI is InChI=1S/C12H17NO3/c1-2-13-4-6-16-12(8-13)11(14)7-10-3-5-15-9-10/h3,5,9,12H,2,4,6-8H2,1H3. The summed E-state index contributed by atoms with van der Waals surface area (Å²) < 4.78 is 10.4. The molecule has 0 radical (unpaired) electrons. The molecule has 1 saturated heterocycles. The fraction of sp³-hybridized carbons (Fsp3) is 0.583. The second-order valence-electron chi connectivity index (χ2n) is 4.03. The van der Waals surface area contributed by atoms with Crippen molar-refractivity contribution in [3.8, 4) is 0 Å². The molecule has 1 unspecified atom stereocenters. The van der Waals surface area contributed by atoms with E-state index in [1.165, 1.54) is 0 Å². The van der Waals surface area contributed by atoms with Crippen molar-refractivity contribution in [1.29, 1.82) is 0 Å². The van der Waals surface area contributed by atoms with Gasteiger partial charge in [0.25, 0.3) is 0 Å². The number of hydrogen-bond donors (Lipinski definition) is 0. The summed E-state index contributed by atoms with van der Waals surface area (Å²) >= 11 is 0. The quantitative estimate of drug-likeness (QED) is 0.767. The van der Waals surface area contributed by atoms with Crippen LogP contribution in [0.15, 0.2) is 23.0 Å². The highest BCUT2D eigenvalue weighted by Gasteiger charge is 2.25. The molecule has 1 atom stereocenters. The maximum absolute atomic E-state index is 11.9. The number of ketones is 1. The largest absolute Gasteiger partial charge is 0.472 e. The summed E-state index contributed by atoms with van der Waals surface area (Å²) in [4.78, 5) is 14.2. The molecular formula is C12H17NO3. The minimum absolute atomic E-state index is 0.138. The molecule has 0 aromatic carbocycles. The summed E-state index contributed by atoms with van der Waals surface area (Å²) in [5, 5.41) is 0. The van der Waals surface area contributed by atoms with Crippen LogP contribution in [0.2, 0.25) is 0 Å². The molecule has 0 saturated carbocycles. The van der Waals surface area contributed by atoms with Gasteiger partial charge in [0.2, 0.25) is 0 Å². The lowest BCUT2D eigenvalue weighted by Crippen LogP contribution is -2.46. The zero-order chi connectivity index (χ0) is 11.4. The van der Waals surface area contributed by atoms with Crippen LogP contribution in [0, 0.1) is 0 Å². The smallest absolute Gasteiger partial charge is 0.167 e. The minimum atomic E-state index is -0.274. The summed E-state index contributed by atoms with van der Waals surface area (Å²) in [5.74, 6) is 0.138. The van der Waals surface area contributed by atoms with Gasteiger partial charge in [-0.3, -0.25) is 9.69 Å². The van der Waals surface area contributed by atoms with E-state index in [9.17, 15) is 4.79 Å². The molecule has 0 N–H and O–H groups in total. The number of morpholine rings is 1. The summed E-state index contributed by atoms with van der Waals surface area (Å²) in [5.41, 5.74) is 0.919. The molecule has 4 nitrogen and oxygen atoms in total. The van der Waals surface area contributed by atoms with Crippen LogP contribution < -0.4 is 0 Å². The normalized spacial score (nSPS) is 22.2. The van der Waals surface area contributed by atoms with Gasteiger partial charge in [-0.25, -0.2) is 0 Å². The third-order valence-electron chi connectivity index (χ3n) is 2.92. The van der Waals surface area contributed by atoms with Crippen molar-refractivity contribution in [2.24, 2.45) is 0 Å². The number of rotatable bonds is 4. The number of likely N-dealkylation sites (N-methyl/N-ethyl adjacent to an activating group) is 1. The van der Waals surface area contributed by atoms with Crippen LogP contribution in [-0.4, -0.2) is 43.0 Å². The predicted octanol–water partition coefficient (Wildman–Crippen LogP) is 1.11. The fourth-order valence-electron chi connectivity index (χ4n) is 1.89. The average molecular weight is 223 g/mol. The van der Waals surface area contributed by atoms with E-state index in [1.807, 2.05) is 6.07 Å². The summed E-state index contributed by atoms with van der Waals surface area (Å²) in [6.45, 7) is 5.36. The van der Waals surface area contributed by atoms with Crippen molar-refractivity contribution in [1.82, 2.24) is 4.90 Å². The van der Waals surface area contributed by atoms with Crippen LogP contribution in [0.3, 0.4) is 0 Å². The fourth-order valence-corrected chi connectivity index (χ4v) is 1.89. The van der Waals surface area contributed by atoms with Gasteiger partial charge in [0.1, 0.15) is 6.10 Å². The van der Waals surface area contributed by atoms with E-state index >= 15 is 0 Å². The van der Waals surface area contributed by atoms with Crippen LogP contribution in [0.25, 0.3) is 0 Å². The van der Waals surface area contributed by atoms with Crippen molar-refractivity contribution in [2.45, 2.75) is 19.4 Å². The Labute approximate surface area is 95.2 Å². The number of ether oxygens (including phenoxy) is 1. The molecule has 1 aromatic rings. The van der Waals surface area contributed by atoms with Gasteiger partial charge >= 0.3 is 0 Å². The Kier molecular flexibility index (Phi) is 3.74. The lowest BCUT2D eigenvalue weighted by atomic mass is 10.1. The molecule has 2 heterocycles. The molecule has 1 aromatic heterocycles. The molecule has 1 fully saturated rings. The van der Waals surface area contributed by atoms with Gasteiger partial charge in [-0.1, -0.05) is 6.92 Å². The average Bonchev–Trinajstić information content (AvgIpc) is 2.82. The highest BCUT2D eigenvalue weighted by atomic mass is 16.5. The van der Waals surface area contributed by atoms with Crippen molar-refractivity contribution in [3.05, 3.63) is 24.2 Å². The van der Waals surface area contributed by atoms with E-state index in [0.29, 0.717) is 19.6 Å². The van der Waals surface area contributed by atoms with E-state index in [0.717, 1.165) is 18.7 Å². The van der Waals surface area contributed by atoms with Crippen molar-refractivity contribution < 1.29 is 13.9 Å². The summed E-state index contributed by atoms with van der Waals surface area (Å²) in [7, 11) is 0. The number of hydrogen-bond acceptors (Lipinski definition) is 4. The Bertz CT molecular complexity index is 334. The van der Waals surface area contributed by atoms with Gasteiger partial charge < -0.3 is 9.15 Å². The van der Waals surface area contributed by atoms with Gasteiger partial charge in [-0.15, -0.1) is 0 Å². The van der Waals surface area contributed by atoms with Crippen LogP contribution in [0.1, 0.15) is 12.5 Å². The Morgan fingerprint density at radius 1 is 1.62 bits per heavy atom. The Balaban J connectivity index is 1.89. The van der Waals surface area contributed by atoms with E-state index in [-0.39, 0.29) is 11.9 Å². The number of Topliss-reactive ketones (excluding diaryl/α,β-unsaturated/α-hetero) is 1. The maximum atomic E-state index is 11.9. The minimum Gasteiger partial charge on any atom is -0.472 e. The SMILES string of the molecule is CCN1CCOC(C(=O)Cc2ccoc2)C1. The van der Waals surface area contributed by atoms with Crippen molar-refractivity contribution in [2.75, 3.05) is 26.2 Å². The molecule has 0 amide bonds. The maximum Gasteiger partial charge on any atom is 0.167 e. The molecule has 0 aliphatic carbocycles. The van der Waals surface area contributed by atoms with Crippen LogP contribution in [0.4, 0.5) is 0 Å². The highest BCUT2D eigenvalue weighted by Crippen LogP contribution is 2.10. The first-order valence-corrected chi connectivity index (χ1v) is 5.67. The monoisotopic (exact) mass is 223 g/mol. The number of furan rings is 1. The molecule has 88 valence electrons. The van der Waals surface area contributed by atoms with Gasteiger partial charge in [-0.2, -0.15) is 0 Å². The zero-order valence-electron chi connectivity index (χ0n) is 9.52. The third-order valence-corrected chi connectivity index (χ3v) is 2.92. The van der Waals surface area contributed by atoms with Gasteiger partial charge in [0, 0.05) is 19.5 Å². The Hall–Kier alpha value is -1.13. The number of nitrogens with zero attached hydrogens (tertiary/aromatic N) is 1. The molecule has 1 aliphatic rings. The molecule has 16 heavy (non-hydrogen) atoms. The van der Waals surface area contributed by atoms with Crippen LogP contribution in [0.5, 0.6) is 0 Å². The van der Waals surface area contributed by atoms with E-state index in [1.54, 1.807) is 12.5 Å². The van der Waals surface area contributed by atoms with E-state index in [4.69, 9.17) is 9.15 Å². The highest BCUT2D eigenvalue weighted by molar-refractivity contribution is 5.85. The lowest BCUT2D eigenvalue weighted by Gasteiger charge is -2.31. The second kappa shape index (κ2) is 5.27. The second-order valence-corrected chi connectivity index (χ2v) is 4.03. The number of carbonyl (C=O) groups is 1. The molecule has 0 bridgehead atoms. The Morgan fingerprint density at radius 3 is 3.19 bits per heavy atom. The third kappa shape index (κ3) is 2.71. The molecule has 0 spiro atoms. The van der Waals surface area contributed by atoms with Crippen LogP contribution in [-0.2, 0) is 16.0 Å². The van der Waals surface area contributed by atoms with Crippen molar-refractivity contribution in [3.63, 3.8) is 0 Å². The predicted molar refractivity (Wildman–Crippen MR) is 59.3 cm³/mol. The molecular weight excluding hydrogens is 206 g/mol. The molecule has 4 heteroatoms. The summed E-state index contributed by atoms with van der Waals surface area (Å²) in [6.07, 6.45) is 3.32. The summed E-state index contributed by atoms with van der Waals surface area (Å²) in [6, 6.07) is 1.82. The first-order chi connectivity index (χ1) is 7.79. The lowest BCUT2D eigenvalue weighted by molar-refractivity contribution is -0.135. The Morgan fingerprint density at radius 2 is 2.50 bits per heavy atom. The first-order valence-electron chi connectivity index (χ1n) is 5.67. The number of carbonyl (C=O) groups excluding carboxylic acids is 1. The molecule has 2 rings (SSSR count). The van der Waals surface area contributed by atoms with Gasteiger partial charge in [0.05, 0.1) is 19.1 Å².